The van der Waals surface area contributed by atoms with Crippen LogP contribution in [0.5, 0.6) is 0 Å². The highest BCUT2D eigenvalue weighted by Gasteiger charge is 2.14. The molecular formula is C14H26N4. The first-order valence-corrected chi connectivity index (χ1v) is 6.76. The highest BCUT2D eigenvalue weighted by atomic mass is 15.1. The van der Waals surface area contributed by atoms with Crippen LogP contribution in [-0.4, -0.2) is 22.6 Å². The van der Waals surface area contributed by atoms with Crippen molar-refractivity contribution in [1.82, 2.24) is 9.97 Å². The third kappa shape index (κ3) is 4.26. The third-order valence-electron chi connectivity index (χ3n) is 3.06. The fourth-order valence-corrected chi connectivity index (χ4v) is 1.87. The Bertz CT molecular complexity index is 374. The molecule has 0 radical (unpaired) electrons. The number of rotatable bonds is 6. The number of aromatic nitrogens is 2. The second-order valence-corrected chi connectivity index (χ2v) is 5.48. The molecule has 0 bridgehead atoms. The van der Waals surface area contributed by atoms with Gasteiger partial charge in [-0.1, -0.05) is 27.7 Å². The second kappa shape index (κ2) is 6.69. The summed E-state index contributed by atoms with van der Waals surface area (Å²) in [5, 5.41) is 3.41. The van der Waals surface area contributed by atoms with Gasteiger partial charge in [-0.3, -0.25) is 0 Å². The molecule has 4 nitrogen and oxygen atoms in total. The highest BCUT2D eigenvalue weighted by Crippen LogP contribution is 2.17. The highest BCUT2D eigenvalue weighted by molar-refractivity contribution is 5.30. The van der Waals surface area contributed by atoms with Crippen LogP contribution in [0.1, 0.15) is 51.4 Å². The van der Waals surface area contributed by atoms with Gasteiger partial charge >= 0.3 is 0 Å². The Morgan fingerprint density at radius 2 is 1.89 bits per heavy atom. The van der Waals surface area contributed by atoms with Gasteiger partial charge in [-0.15, -0.1) is 0 Å². The minimum Gasteiger partial charge on any atom is -0.351 e. The Labute approximate surface area is 110 Å². The quantitative estimate of drug-likeness (QED) is 0.814. The fraction of sp³-hybridized carbons (Fsp3) is 0.714. The van der Waals surface area contributed by atoms with E-state index >= 15 is 0 Å². The molecule has 0 aromatic carbocycles. The van der Waals surface area contributed by atoms with E-state index in [1.54, 1.807) is 0 Å². The van der Waals surface area contributed by atoms with Crippen molar-refractivity contribution in [2.24, 2.45) is 11.7 Å². The standard InChI is InChI=1S/C14H26N4/c1-9(2)12(6-7-15)17-14-16-11(5)8-13(18-14)10(3)4/h8-10,12H,6-7,15H2,1-5H3,(H,16,17,18). The number of anilines is 1. The van der Waals surface area contributed by atoms with Crippen LogP contribution in [0.15, 0.2) is 6.07 Å². The van der Waals surface area contributed by atoms with Gasteiger partial charge in [-0.2, -0.15) is 0 Å². The predicted molar refractivity (Wildman–Crippen MR) is 76.8 cm³/mol. The van der Waals surface area contributed by atoms with Crippen molar-refractivity contribution < 1.29 is 0 Å². The molecule has 1 atom stereocenters. The minimum absolute atomic E-state index is 0.330. The average molecular weight is 250 g/mol. The molecule has 1 rings (SSSR count). The largest absolute Gasteiger partial charge is 0.351 e. The van der Waals surface area contributed by atoms with Crippen LogP contribution >= 0.6 is 0 Å². The summed E-state index contributed by atoms with van der Waals surface area (Å²) >= 11 is 0. The maximum absolute atomic E-state index is 5.65. The van der Waals surface area contributed by atoms with Gasteiger partial charge in [0.2, 0.25) is 5.95 Å². The summed E-state index contributed by atoms with van der Waals surface area (Å²) in [6.07, 6.45) is 0.936. The van der Waals surface area contributed by atoms with Crippen molar-refractivity contribution >= 4 is 5.95 Å². The maximum Gasteiger partial charge on any atom is 0.223 e. The molecule has 0 amide bonds. The number of hydrogen-bond acceptors (Lipinski definition) is 4. The van der Waals surface area contributed by atoms with Crippen molar-refractivity contribution in [1.29, 1.82) is 0 Å². The molecule has 1 aromatic rings. The van der Waals surface area contributed by atoms with Crippen molar-refractivity contribution in [2.45, 2.75) is 53.0 Å². The lowest BCUT2D eigenvalue weighted by atomic mass is 10.0. The van der Waals surface area contributed by atoms with Gasteiger partial charge in [0.05, 0.1) is 0 Å². The van der Waals surface area contributed by atoms with Crippen LogP contribution in [0.4, 0.5) is 5.95 Å². The summed E-state index contributed by atoms with van der Waals surface area (Å²) in [5.74, 6) is 1.66. The molecule has 4 heteroatoms. The summed E-state index contributed by atoms with van der Waals surface area (Å²) in [6.45, 7) is 11.3. The summed E-state index contributed by atoms with van der Waals surface area (Å²) < 4.78 is 0. The molecule has 0 aliphatic rings. The molecule has 3 N–H and O–H groups in total. The van der Waals surface area contributed by atoms with Crippen LogP contribution < -0.4 is 11.1 Å². The minimum atomic E-state index is 0.330. The zero-order valence-corrected chi connectivity index (χ0v) is 12.2. The van der Waals surface area contributed by atoms with Crippen molar-refractivity contribution in [3.63, 3.8) is 0 Å². The zero-order chi connectivity index (χ0) is 13.7. The smallest absolute Gasteiger partial charge is 0.223 e. The van der Waals surface area contributed by atoms with Gasteiger partial charge < -0.3 is 11.1 Å². The second-order valence-electron chi connectivity index (χ2n) is 5.48. The molecule has 0 aliphatic carbocycles. The Kier molecular flexibility index (Phi) is 5.54. The number of hydrogen-bond donors (Lipinski definition) is 2. The van der Waals surface area contributed by atoms with Gasteiger partial charge in [-0.25, -0.2) is 9.97 Å². The van der Waals surface area contributed by atoms with E-state index in [1.807, 2.05) is 13.0 Å². The molecule has 0 aliphatic heterocycles. The number of aryl methyl sites for hydroxylation is 1. The van der Waals surface area contributed by atoms with E-state index in [0.29, 0.717) is 24.4 Å². The van der Waals surface area contributed by atoms with Gasteiger partial charge in [0.1, 0.15) is 0 Å². The van der Waals surface area contributed by atoms with Crippen LogP contribution in [-0.2, 0) is 0 Å². The van der Waals surface area contributed by atoms with Gasteiger partial charge in [0.15, 0.2) is 0 Å². The van der Waals surface area contributed by atoms with Crippen LogP contribution in [0.25, 0.3) is 0 Å². The molecule has 1 aromatic heterocycles. The molecule has 0 fully saturated rings. The molecule has 1 unspecified atom stereocenters. The van der Waals surface area contributed by atoms with Gasteiger partial charge in [0, 0.05) is 17.4 Å². The van der Waals surface area contributed by atoms with Crippen molar-refractivity contribution in [2.75, 3.05) is 11.9 Å². The summed E-state index contributed by atoms with van der Waals surface area (Å²) in [6, 6.07) is 2.38. The molecule has 18 heavy (non-hydrogen) atoms. The first-order chi connectivity index (χ1) is 8.43. The Morgan fingerprint density at radius 1 is 1.22 bits per heavy atom. The summed E-state index contributed by atoms with van der Waals surface area (Å²) in [7, 11) is 0. The van der Waals surface area contributed by atoms with Crippen LogP contribution in [0.2, 0.25) is 0 Å². The first kappa shape index (κ1) is 14.9. The monoisotopic (exact) mass is 250 g/mol. The summed E-state index contributed by atoms with van der Waals surface area (Å²) in [4.78, 5) is 9.03. The van der Waals surface area contributed by atoms with Gasteiger partial charge in [-0.05, 0) is 37.8 Å². The fourth-order valence-electron chi connectivity index (χ4n) is 1.87. The molecule has 1 heterocycles. The maximum atomic E-state index is 5.65. The lowest BCUT2D eigenvalue weighted by Gasteiger charge is -2.22. The van der Waals surface area contributed by atoms with E-state index in [1.165, 1.54) is 0 Å². The Balaban J connectivity index is 2.88. The number of nitrogens with two attached hydrogens (primary N) is 1. The Hall–Kier alpha value is -1.16. The lowest BCUT2D eigenvalue weighted by molar-refractivity contribution is 0.495. The third-order valence-corrected chi connectivity index (χ3v) is 3.06. The van der Waals surface area contributed by atoms with Gasteiger partial charge in [0.25, 0.3) is 0 Å². The lowest BCUT2D eigenvalue weighted by Crippen LogP contribution is -2.29. The first-order valence-electron chi connectivity index (χ1n) is 6.76. The Morgan fingerprint density at radius 3 is 2.39 bits per heavy atom. The molecule has 102 valence electrons. The summed E-state index contributed by atoms with van der Waals surface area (Å²) in [5.41, 5.74) is 7.74. The zero-order valence-electron chi connectivity index (χ0n) is 12.2. The van der Waals surface area contributed by atoms with E-state index < -0.39 is 0 Å². The normalized spacial score (nSPS) is 13.1. The molecule has 0 saturated heterocycles. The van der Waals surface area contributed by atoms with E-state index in [-0.39, 0.29) is 0 Å². The topological polar surface area (TPSA) is 63.8 Å². The molecule has 0 spiro atoms. The number of nitrogens with zero attached hydrogens (tertiary/aromatic N) is 2. The van der Waals surface area contributed by atoms with E-state index in [4.69, 9.17) is 5.73 Å². The molecular weight excluding hydrogens is 224 g/mol. The van der Waals surface area contributed by atoms with Crippen LogP contribution in [0, 0.1) is 12.8 Å². The van der Waals surface area contributed by atoms with Crippen molar-refractivity contribution in [3.8, 4) is 0 Å². The average Bonchev–Trinajstić information content (AvgIpc) is 2.27. The van der Waals surface area contributed by atoms with Crippen molar-refractivity contribution in [3.05, 3.63) is 17.5 Å². The van der Waals surface area contributed by atoms with E-state index in [0.717, 1.165) is 23.8 Å². The molecule has 0 saturated carbocycles. The van der Waals surface area contributed by atoms with E-state index in [9.17, 15) is 0 Å². The SMILES string of the molecule is Cc1cc(C(C)C)nc(NC(CCN)C(C)C)n1. The van der Waals surface area contributed by atoms with Crippen LogP contribution in [0.3, 0.4) is 0 Å². The van der Waals surface area contributed by atoms with E-state index in [2.05, 4.69) is 43.0 Å². The predicted octanol–water partition coefficient (Wildman–Crippen LogP) is 2.69. The number of nitrogens with one attached hydrogen (secondary N) is 1.